The van der Waals surface area contributed by atoms with Gasteiger partial charge in [0.25, 0.3) is 5.95 Å². The molecule has 0 bridgehead atoms. The molecule has 0 atom stereocenters. The molecule has 0 saturated carbocycles. The molecule has 0 fully saturated rings. The average Bonchev–Trinajstić information content (AvgIpc) is 2.97. The molecule has 3 aromatic heterocycles. The van der Waals surface area contributed by atoms with Crippen molar-refractivity contribution in [2.45, 2.75) is 19.9 Å². The normalized spacial score (nSPS) is 11.3. The number of rotatable bonds is 3. The van der Waals surface area contributed by atoms with E-state index in [9.17, 15) is 0 Å². The summed E-state index contributed by atoms with van der Waals surface area (Å²) in [7, 11) is 0. The van der Waals surface area contributed by atoms with Crippen LogP contribution >= 0.6 is 0 Å². The molecule has 3 aromatic rings. The Kier molecular flexibility index (Phi) is 2.36. The fraction of sp³-hybridized carbons (Fsp3) is 0.333. The van der Waals surface area contributed by atoms with E-state index in [-0.39, 0.29) is 6.04 Å². The number of nitrogens with zero attached hydrogens (tertiary/aromatic N) is 7. The predicted molar refractivity (Wildman–Crippen MR) is 63.2 cm³/mol. The van der Waals surface area contributed by atoms with Gasteiger partial charge in [-0.3, -0.25) is 0 Å². The Morgan fingerprint density at radius 1 is 1.28 bits per heavy atom. The number of hydrogen-bond acceptors (Lipinski definition) is 7. The Morgan fingerprint density at radius 2 is 2.17 bits per heavy atom. The summed E-state index contributed by atoms with van der Waals surface area (Å²) in [4.78, 5) is 12.7. The number of nitrogens with one attached hydrogen (secondary N) is 2. The minimum Gasteiger partial charge on any atom is -0.313 e. The molecule has 0 aliphatic rings. The highest BCUT2D eigenvalue weighted by Gasteiger charge is 2.12. The summed E-state index contributed by atoms with van der Waals surface area (Å²) in [5.74, 6) is 0.898. The Morgan fingerprint density at radius 3 is 2.89 bits per heavy atom. The Labute approximate surface area is 102 Å². The zero-order valence-electron chi connectivity index (χ0n) is 9.86. The first kappa shape index (κ1) is 10.6. The van der Waals surface area contributed by atoms with Crippen molar-refractivity contribution in [2.24, 2.45) is 0 Å². The van der Waals surface area contributed by atoms with Gasteiger partial charge in [0.15, 0.2) is 17.0 Å². The van der Waals surface area contributed by atoms with E-state index in [4.69, 9.17) is 0 Å². The summed E-state index contributed by atoms with van der Waals surface area (Å²) in [5.41, 5.74) is 1.45. The molecule has 0 spiro atoms. The van der Waals surface area contributed by atoms with Gasteiger partial charge in [0, 0.05) is 6.04 Å². The van der Waals surface area contributed by atoms with Crippen molar-refractivity contribution in [3.05, 3.63) is 12.7 Å². The van der Waals surface area contributed by atoms with Gasteiger partial charge in [-0.2, -0.15) is 5.21 Å². The molecule has 0 radical (unpaired) electrons. The van der Waals surface area contributed by atoms with Crippen LogP contribution in [0.1, 0.15) is 19.9 Å². The topological polar surface area (TPSA) is 110 Å². The number of aromatic amines is 1. The summed E-state index contributed by atoms with van der Waals surface area (Å²) in [6.07, 6.45) is 3.22. The van der Waals surface area contributed by atoms with Crippen LogP contribution in [0.5, 0.6) is 0 Å². The molecule has 0 aliphatic heterocycles. The van der Waals surface area contributed by atoms with E-state index in [0.717, 1.165) is 5.65 Å². The van der Waals surface area contributed by atoms with Crippen LogP contribution in [-0.4, -0.2) is 40.1 Å². The van der Waals surface area contributed by atoms with Crippen LogP contribution in [0.4, 0.5) is 11.8 Å². The molecule has 92 valence electrons. The molecular weight excluding hydrogens is 234 g/mol. The number of anilines is 2. The second kappa shape index (κ2) is 4.02. The molecule has 2 N–H and O–H groups in total. The van der Waals surface area contributed by atoms with E-state index in [2.05, 4.69) is 54.7 Å². The number of hydrogen-bond donors (Lipinski definition) is 2. The molecule has 9 nitrogen and oxygen atoms in total. The van der Waals surface area contributed by atoms with Gasteiger partial charge in [-0.05, 0) is 19.1 Å². The van der Waals surface area contributed by atoms with Crippen LogP contribution in [0.25, 0.3) is 11.2 Å². The Hall–Kier alpha value is -2.58. The minimum absolute atomic E-state index is 0.280. The molecule has 0 amide bonds. The third kappa shape index (κ3) is 1.65. The summed E-state index contributed by atoms with van der Waals surface area (Å²) >= 11 is 0. The van der Waals surface area contributed by atoms with Crippen molar-refractivity contribution in [3.8, 4) is 0 Å². The van der Waals surface area contributed by atoms with E-state index in [1.807, 2.05) is 4.57 Å². The van der Waals surface area contributed by atoms with Crippen LogP contribution in [-0.2, 0) is 0 Å². The SMILES string of the molecule is CC(C)n1cnc2c(Nc3nn[nH]n3)ncnc21. The third-order valence-corrected chi connectivity index (χ3v) is 2.49. The van der Waals surface area contributed by atoms with Crippen molar-refractivity contribution < 1.29 is 0 Å². The number of aromatic nitrogens is 8. The summed E-state index contributed by atoms with van der Waals surface area (Å²) in [6.45, 7) is 4.13. The maximum atomic E-state index is 4.31. The number of fused-ring (bicyclic) bond motifs is 1. The lowest BCUT2D eigenvalue weighted by molar-refractivity contribution is 0.612. The lowest BCUT2D eigenvalue weighted by Crippen LogP contribution is -2.01. The molecule has 0 aliphatic carbocycles. The fourth-order valence-electron chi connectivity index (χ4n) is 1.64. The lowest BCUT2D eigenvalue weighted by atomic mass is 10.4. The highest BCUT2D eigenvalue weighted by atomic mass is 15.5. The summed E-state index contributed by atoms with van der Waals surface area (Å²) in [5, 5.41) is 16.4. The summed E-state index contributed by atoms with van der Waals surface area (Å²) < 4.78 is 1.97. The van der Waals surface area contributed by atoms with E-state index in [1.54, 1.807) is 6.33 Å². The first-order chi connectivity index (χ1) is 8.75. The number of tetrazole rings is 1. The molecular formula is C9H11N9. The predicted octanol–water partition coefficient (Wildman–Crippen LogP) is 0.664. The van der Waals surface area contributed by atoms with Crippen LogP contribution in [0, 0.1) is 0 Å². The average molecular weight is 245 g/mol. The van der Waals surface area contributed by atoms with Crippen LogP contribution in [0.15, 0.2) is 12.7 Å². The minimum atomic E-state index is 0.280. The molecule has 3 heterocycles. The molecule has 18 heavy (non-hydrogen) atoms. The Balaban J connectivity index is 2.08. The highest BCUT2D eigenvalue weighted by molar-refractivity contribution is 5.84. The van der Waals surface area contributed by atoms with Crippen molar-refractivity contribution in [2.75, 3.05) is 5.32 Å². The van der Waals surface area contributed by atoms with Crippen LogP contribution in [0.3, 0.4) is 0 Å². The number of imidazole rings is 1. The Bertz CT molecular complexity index is 654. The van der Waals surface area contributed by atoms with Crippen LogP contribution in [0.2, 0.25) is 0 Å². The largest absolute Gasteiger partial charge is 0.313 e. The van der Waals surface area contributed by atoms with Gasteiger partial charge >= 0.3 is 0 Å². The zero-order valence-corrected chi connectivity index (χ0v) is 9.86. The highest BCUT2D eigenvalue weighted by Crippen LogP contribution is 2.21. The van der Waals surface area contributed by atoms with Gasteiger partial charge in [-0.15, -0.1) is 5.10 Å². The van der Waals surface area contributed by atoms with E-state index < -0.39 is 0 Å². The number of H-pyrrole nitrogens is 1. The van der Waals surface area contributed by atoms with Crippen molar-refractivity contribution in [1.29, 1.82) is 0 Å². The molecule has 0 aromatic carbocycles. The van der Waals surface area contributed by atoms with Crippen molar-refractivity contribution >= 4 is 22.9 Å². The standard InChI is InChI=1S/C9H11N9/c1-5(2)18-4-12-6-7(10-3-11-8(6)18)13-9-14-16-17-15-9/h3-5H,1-2H3,(H2,10,11,13,14,15,16,17). The first-order valence-corrected chi connectivity index (χ1v) is 5.43. The van der Waals surface area contributed by atoms with Crippen molar-refractivity contribution in [3.63, 3.8) is 0 Å². The van der Waals surface area contributed by atoms with Gasteiger partial charge in [-0.25, -0.2) is 15.0 Å². The maximum Gasteiger partial charge on any atom is 0.268 e. The quantitative estimate of drug-likeness (QED) is 0.697. The third-order valence-electron chi connectivity index (χ3n) is 2.49. The molecule has 0 unspecified atom stereocenters. The second-order valence-corrected chi connectivity index (χ2v) is 4.00. The maximum absolute atomic E-state index is 4.31. The second-order valence-electron chi connectivity index (χ2n) is 4.00. The van der Waals surface area contributed by atoms with E-state index in [0.29, 0.717) is 17.3 Å². The van der Waals surface area contributed by atoms with Crippen LogP contribution < -0.4 is 5.32 Å². The zero-order chi connectivity index (χ0) is 12.5. The monoisotopic (exact) mass is 245 g/mol. The fourth-order valence-corrected chi connectivity index (χ4v) is 1.64. The van der Waals surface area contributed by atoms with Gasteiger partial charge in [-0.1, -0.05) is 5.10 Å². The van der Waals surface area contributed by atoms with Crippen molar-refractivity contribution in [1.82, 2.24) is 40.1 Å². The van der Waals surface area contributed by atoms with Gasteiger partial charge in [0.05, 0.1) is 6.33 Å². The smallest absolute Gasteiger partial charge is 0.268 e. The lowest BCUT2D eigenvalue weighted by Gasteiger charge is -2.07. The molecule has 9 heteroatoms. The van der Waals surface area contributed by atoms with E-state index in [1.165, 1.54) is 6.33 Å². The van der Waals surface area contributed by atoms with Gasteiger partial charge in [0.2, 0.25) is 0 Å². The van der Waals surface area contributed by atoms with Gasteiger partial charge < -0.3 is 9.88 Å². The van der Waals surface area contributed by atoms with Gasteiger partial charge in [0.1, 0.15) is 6.33 Å². The summed E-state index contributed by atoms with van der Waals surface area (Å²) in [6, 6.07) is 0.280. The first-order valence-electron chi connectivity index (χ1n) is 5.43. The molecule has 3 rings (SSSR count). The van der Waals surface area contributed by atoms with E-state index >= 15 is 0 Å². The molecule has 0 saturated heterocycles.